The van der Waals surface area contributed by atoms with Crippen LogP contribution in [0.1, 0.15) is 10.4 Å². The Hall–Kier alpha value is -0.740. The van der Waals surface area contributed by atoms with E-state index in [0.717, 1.165) is 6.29 Å². The topological polar surface area (TPSA) is 26.3 Å². The first-order valence-corrected chi connectivity index (χ1v) is 7.01. The van der Waals surface area contributed by atoms with Gasteiger partial charge >= 0.3 is 0 Å². The van der Waals surface area contributed by atoms with Crippen molar-refractivity contribution in [3.05, 3.63) is 55.4 Å². The first-order valence-electron chi connectivity index (χ1n) is 5.08. The van der Waals surface area contributed by atoms with Crippen molar-refractivity contribution >= 4 is 57.0 Å². The SMILES string of the molecule is O=Cc1ccc(Oc2cc(Cl)c(Cl)cc2Cl)c(Br)c1. The summed E-state index contributed by atoms with van der Waals surface area (Å²) in [6.07, 6.45) is 0.751. The van der Waals surface area contributed by atoms with Gasteiger partial charge in [0.25, 0.3) is 0 Å². The lowest BCUT2D eigenvalue weighted by atomic mass is 10.2. The van der Waals surface area contributed by atoms with Gasteiger partial charge in [0.1, 0.15) is 17.8 Å². The van der Waals surface area contributed by atoms with Crippen molar-refractivity contribution in [2.24, 2.45) is 0 Å². The van der Waals surface area contributed by atoms with E-state index in [0.29, 0.717) is 36.6 Å². The number of halogens is 4. The average molecular weight is 380 g/mol. The zero-order valence-corrected chi connectivity index (χ0v) is 13.1. The molecular weight excluding hydrogens is 374 g/mol. The third-order valence-electron chi connectivity index (χ3n) is 2.29. The molecule has 0 aliphatic carbocycles. The van der Waals surface area contributed by atoms with Crippen molar-refractivity contribution in [2.45, 2.75) is 0 Å². The Balaban J connectivity index is 2.36. The number of hydrogen-bond acceptors (Lipinski definition) is 2. The molecule has 0 amide bonds. The molecule has 2 aromatic carbocycles. The first kappa shape index (κ1) is 14.7. The Morgan fingerprint density at radius 1 is 0.947 bits per heavy atom. The minimum atomic E-state index is 0.348. The van der Waals surface area contributed by atoms with Crippen molar-refractivity contribution in [3.63, 3.8) is 0 Å². The number of benzene rings is 2. The third-order valence-corrected chi connectivity index (χ3v) is 3.92. The van der Waals surface area contributed by atoms with Gasteiger partial charge in [0.05, 0.1) is 19.5 Å². The first-order chi connectivity index (χ1) is 9.01. The van der Waals surface area contributed by atoms with Crippen LogP contribution in [0.3, 0.4) is 0 Å². The molecule has 0 heterocycles. The van der Waals surface area contributed by atoms with Crippen LogP contribution in [-0.4, -0.2) is 6.29 Å². The molecule has 0 spiro atoms. The van der Waals surface area contributed by atoms with Gasteiger partial charge < -0.3 is 4.74 Å². The summed E-state index contributed by atoms with van der Waals surface area (Å²) in [5.74, 6) is 0.904. The molecule has 6 heteroatoms. The van der Waals surface area contributed by atoms with Crippen molar-refractivity contribution in [2.75, 3.05) is 0 Å². The molecule has 0 aromatic heterocycles. The molecule has 0 aliphatic heterocycles. The highest BCUT2D eigenvalue weighted by molar-refractivity contribution is 9.10. The molecule has 2 rings (SSSR count). The summed E-state index contributed by atoms with van der Waals surface area (Å²) in [4.78, 5) is 10.6. The fraction of sp³-hybridized carbons (Fsp3) is 0. The third kappa shape index (κ3) is 3.42. The zero-order valence-electron chi connectivity index (χ0n) is 9.29. The summed E-state index contributed by atoms with van der Waals surface area (Å²) in [6, 6.07) is 7.99. The highest BCUT2D eigenvalue weighted by Crippen LogP contribution is 2.38. The van der Waals surface area contributed by atoms with Crippen molar-refractivity contribution in [3.8, 4) is 11.5 Å². The molecule has 0 fully saturated rings. The Labute approximate surface area is 133 Å². The molecule has 19 heavy (non-hydrogen) atoms. The van der Waals surface area contributed by atoms with E-state index in [4.69, 9.17) is 39.5 Å². The maximum atomic E-state index is 10.6. The van der Waals surface area contributed by atoms with E-state index in [9.17, 15) is 4.79 Å². The molecule has 2 aromatic rings. The summed E-state index contributed by atoms with van der Waals surface area (Å²) < 4.78 is 6.28. The van der Waals surface area contributed by atoms with Crippen molar-refractivity contribution < 1.29 is 9.53 Å². The predicted octanol–water partition coefficient (Wildman–Crippen LogP) is 6.01. The predicted molar refractivity (Wildman–Crippen MR) is 81.1 cm³/mol. The number of ether oxygens (including phenoxy) is 1. The molecule has 0 radical (unpaired) electrons. The summed E-state index contributed by atoms with van der Waals surface area (Å²) in [5, 5.41) is 1.05. The lowest BCUT2D eigenvalue weighted by Gasteiger charge is -2.10. The van der Waals surface area contributed by atoms with Gasteiger partial charge in [0, 0.05) is 11.6 Å². The second kappa shape index (κ2) is 6.14. The monoisotopic (exact) mass is 378 g/mol. The van der Waals surface area contributed by atoms with Gasteiger partial charge in [0.2, 0.25) is 0 Å². The van der Waals surface area contributed by atoms with Crippen molar-refractivity contribution in [1.29, 1.82) is 0 Å². The van der Waals surface area contributed by atoms with E-state index >= 15 is 0 Å². The Morgan fingerprint density at radius 2 is 1.63 bits per heavy atom. The van der Waals surface area contributed by atoms with Gasteiger partial charge in [-0.15, -0.1) is 0 Å². The van der Waals surface area contributed by atoms with Gasteiger partial charge in [-0.3, -0.25) is 4.79 Å². The van der Waals surface area contributed by atoms with Gasteiger partial charge in [-0.1, -0.05) is 34.8 Å². The van der Waals surface area contributed by atoms with Crippen molar-refractivity contribution in [1.82, 2.24) is 0 Å². The zero-order chi connectivity index (χ0) is 14.0. The molecule has 0 saturated heterocycles. The molecule has 0 aliphatic rings. The van der Waals surface area contributed by atoms with Crippen LogP contribution in [0.2, 0.25) is 15.1 Å². The summed E-state index contributed by atoms with van der Waals surface area (Å²) in [7, 11) is 0. The minimum Gasteiger partial charge on any atom is -0.455 e. The number of hydrogen-bond donors (Lipinski definition) is 0. The molecule has 2 nitrogen and oxygen atoms in total. The van der Waals surface area contributed by atoms with Crippen LogP contribution < -0.4 is 4.74 Å². The van der Waals surface area contributed by atoms with E-state index in [1.54, 1.807) is 18.2 Å². The van der Waals surface area contributed by atoms with Gasteiger partial charge in [-0.05, 0) is 40.2 Å². The quantitative estimate of drug-likeness (QED) is 0.481. The molecule has 0 saturated carbocycles. The van der Waals surface area contributed by atoms with Gasteiger partial charge in [-0.2, -0.15) is 0 Å². The molecule has 98 valence electrons. The molecule has 0 atom stereocenters. The van der Waals surface area contributed by atoms with E-state index < -0.39 is 0 Å². The number of carbonyl (C=O) groups excluding carboxylic acids is 1. The van der Waals surface area contributed by atoms with Crippen LogP contribution in [-0.2, 0) is 0 Å². The second-order valence-corrected chi connectivity index (χ2v) is 5.68. The lowest BCUT2D eigenvalue weighted by Crippen LogP contribution is -1.89. The highest BCUT2D eigenvalue weighted by atomic mass is 79.9. The smallest absolute Gasteiger partial charge is 0.150 e. The van der Waals surface area contributed by atoms with E-state index in [1.165, 1.54) is 12.1 Å². The Kier molecular flexibility index (Phi) is 4.74. The molecule has 0 unspecified atom stereocenters. The van der Waals surface area contributed by atoms with E-state index in [2.05, 4.69) is 15.9 Å². The number of carbonyl (C=O) groups is 1. The van der Waals surface area contributed by atoms with Crippen LogP contribution in [0.5, 0.6) is 11.5 Å². The minimum absolute atomic E-state index is 0.348. The molecular formula is C13H6BrCl3O2. The van der Waals surface area contributed by atoms with Crippen LogP contribution >= 0.6 is 50.7 Å². The molecule has 0 bridgehead atoms. The van der Waals surface area contributed by atoms with Crippen LogP contribution in [0, 0.1) is 0 Å². The fourth-order valence-electron chi connectivity index (χ4n) is 1.37. The van der Waals surface area contributed by atoms with E-state index in [1.807, 2.05) is 0 Å². The summed E-state index contributed by atoms with van der Waals surface area (Å²) in [6.45, 7) is 0. The lowest BCUT2D eigenvalue weighted by molar-refractivity contribution is 0.112. The summed E-state index contributed by atoms with van der Waals surface area (Å²) in [5.41, 5.74) is 0.541. The van der Waals surface area contributed by atoms with Gasteiger partial charge in [0.15, 0.2) is 0 Å². The number of rotatable bonds is 3. The normalized spacial score (nSPS) is 10.3. The maximum Gasteiger partial charge on any atom is 0.150 e. The summed E-state index contributed by atoms with van der Waals surface area (Å²) >= 11 is 21.1. The Morgan fingerprint density at radius 3 is 2.26 bits per heavy atom. The maximum absolute atomic E-state index is 10.6. The van der Waals surface area contributed by atoms with Gasteiger partial charge in [-0.25, -0.2) is 0 Å². The van der Waals surface area contributed by atoms with Crippen LogP contribution in [0.4, 0.5) is 0 Å². The standard InChI is InChI=1S/C13H6BrCl3O2/c14-8-3-7(6-18)1-2-12(8)19-13-5-10(16)9(15)4-11(13)17/h1-6H. The largest absolute Gasteiger partial charge is 0.455 e. The van der Waals surface area contributed by atoms with Crippen LogP contribution in [0.25, 0.3) is 0 Å². The second-order valence-electron chi connectivity index (χ2n) is 3.61. The highest BCUT2D eigenvalue weighted by Gasteiger charge is 2.10. The fourth-order valence-corrected chi connectivity index (χ4v) is 2.43. The van der Waals surface area contributed by atoms with E-state index in [-0.39, 0.29) is 0 Å². The number of aldehydes is 1. The Bertz CT molecular complexity index is 644. The average Bonchev–Trinajstić information content (AvgIpc) is 2.38. The molecule has 0 N–H and O–H groups in total. The van der Waals surface area contributed by atoms with Crippen LogP contribution in [0.15, 0.2) is 34.8 Å².